The van der Waals surface area contributed by atoms with Crippen LogP contribution in [0.15, 0.2) is 24.3 Å². The number of hydrogen-bond donors (Lipinski definition) is 0. The van der Waals surface area contributed by atoms with E-state index in [1.54, 1.807) is 0 Å². The molecule has 0 aromatic heterocycles. The molecule has 0 aliphatic heterocycles. The zero-order valence-corrected chi connectivity index (χ0v) is 8.34. The molecule has 0 spiro atoms. The van der Waals surface area contributed by atoms with Crippen molar-refractivity contribution in [2.75, 3.05) is 6.61 Å². The summed E-state index contributed by atoms with van der Waals surface area (Å²) in [5.41, 5.74) is 0.144. The predicted molar refractivity (Wildman–Crippen MR) is 51.8 cm³/mol. The molecule has 83 valence electrons. The largest absolute Gasteiger partial charge is 0.494 e. The normalized spacial score (nSPS) is 13.7. The van der Waals surface area contributed by atoms with Gasteiger partial charge in [-0.3, -0.25) is 0 Å². The van der Waals surface area contributed by atoms with Crippen LogP contribution in [0.5, 0.6) is 5.75 Å². The van der Waals surface area contributed by atoms with Crippen LogP contribution in [0.4, 0.5) is 13.2 Å². The zero-order chi connectivity index (χ0) is 11.5. The Hall–Kier alpha value is -1.19. The molecular weight excluding hydrogens is 205 g/mol. The van der Waals surface area contributed by atoms with E-state index in [2.05, 4.69) is 6.92 Å². The minimum absolute atomic E-state index is 0.144. The number of halogens is 3. The molecule has 0 aliphatic carbocycles. The lowest BCUT2D eigenvalue weighted by Crippen LogP contribution is -2.17. The molecule has 0 N–H and O–H groups in total. The third-order valence-corrected chi connectivity index (χ3v) is 1.99. The highest BCUT2D eigenvalue weighted by atomic mass is 19.4. The number of ether oxygens (including phenoxy) is 1. The first-order valence-corrected chi connectivity index (χ1v) is 4.57. The zero-order valence-electron chi connectivity index (χ0n) is 8.34. The van der Waals surface area contributed by atoms with Crippen molar-refractivity contribution in [2.45, 2.75) is 19.0 Å². The van der Waals surface area contributed by atoms with Crippen LogP contribution in [-0.2, 0) is 0 Å². The SMILES string of the molecule is [CH2][C@@H](c1ccc(OCC)cc1)C(F)(F)F. The van der Waals surface area contributed by atoms with Crippen molar-refractivity contribution in [3.8, 4) is 5.75 Å². The fraction of sp³-hybridized carbons (Fsp3) is 0.364. The maximum absolute atomic E-state index is 12.3. The molecule has 1 radical (unpaired) electrons. The molecule has 1 aromatic carbocycles. The van der Waals surface area contributed by atoms with E-state index in [9.17, 15) is 13.2 Å². The Balaban J connectivity index is 2.80. The van der Waals surface area contributed by atoms with Crippen LogP contribution in [0.3, 0.4) is 0 Å². The highest BCUT2D eigenvalue weighted by Gasteiger charge is 2.36. The van der Waals surface area contributed by atoms with Gasteiger partial charge in [0.15, 0.2) is 0 Å². The molecule has 0 unspecified atom stereocenters. The van der Waals surface area contributed by atoms with Crippen molar-refractivity contribution in [1.29, 1.82) is 0 Å². The molecule has 1 rings (SSSR count). The van der Waals surface area contributed by atoms with Gasteiger partial charge in [-0.25, -0.2) is 0 Å². The highest BCUT2D eigenvalue weighted by Crippen LogP contribution is 2.34. The second-order valence-electron chi connectivity index (χ2n) is 3.10. The minimum Gasteiger partial charge on any atom is -0.494 e. The van der Waals surface area contributed by atoms with Crippen molar-refractivity contribution in [1.82, 2.24) is 0 Å². The van der Waals surface area contributed by atoms with Gasteiger partial charge in [0.25, 0.3) is 0 Å². The maximum Gasteiger partial charge on any atom is 0.395 e. The van der Waals surface area contributed by atoms with Gasteiger partial charge in [-0.05, 0) is 31.5 Å². The molecule has 1 aromatic rings. The summed E-state index contributed by atoms with van der Waals surface area (Å²) in [7, 11) is 0. The van der Waals surface area contributed by atoms with Gasteiger partial charge in [0.2, 0.25) is 0 Å². The van der Waals surface area contributed by atoms with Gasteiger partial charge in [0, 0.05) is 0 Å². The van der Waals surface area contributed by atoms with Crippen LogP contribution in [0.1, 0.15) is 18.4 Å². The summed E-state index contributed by atoms with van der Waals surface area (Å²) >= 11 is 0. The van der Waals surface area contributed by atoms with E-state index in [1.165, 1.54) is 24.3 Å². The molecule has 0 saturated heterocycles. The van der Waals surface area contributed by atoms with E-state index in [0.717, 1.165) is 0 Å². The Morgan fingerprint density at radius 3 is 2.20 bits per heavy atom. The van der Waals surface area contributed by atoms with Gasteiger partial charge < -0.3 is 4.74 Å². The molecule has 1 atom stereocenters. The van der Waals surface area contributed by atoms with Crippen LogP contribution in [-0.4, -0.2) is 12.8 Å². The first-order chi connectivity index (χ1) is 6.95. The molecule has 0 saturated carbocycles. The van der Waals surface area contributed by atoms with Crippen LogP contribution < -0.4 is 4.74 Å². The Bertz CT molecular complexity index is 303. The van der Waals surface area contributed by atoms with Gasteiger partial charge in [0.1, 0.15) is 5.75 Å². The van der Waals surface area contributed by atoms with Gasteiger partial charge in [-0.15, -0.1) is 0 Å². The summed E-state index contributed by atoms with van der Waals surface area (Å²) in [4.78, 5) is 0. The maximum atomic E-state index is 12.3. The molecular formula is C11H12F3O. The fourth-order valence-corrected chi connectivity index (χ4v) is 1.15. The third kappa shape index (κ3) is 3.15. The lowest BCUT2D eigenvalue weighted by molar-refractivity contribution is -0.140. The van der Waals surface area contributed by atoms with Crippen molar-refractivity contribution < 1.29 is 17.9 Å². The molecule has 4 heteroatoms. The average Bonchev–Trinajstić information content (AvgIpc) is 2.17. The second kappa shape index (κ2) is 4.55. The van der Waals surface area contributed by atoms with E-state index >= 15 is 0 Å². The smallest absolute Gasteiger partial charge is 0.395 e. The Kier molecular flexibility index (Phi) is 3.61. The second-order valence-corrected chi connectivity index (χ2v) is 3.10. The quantitative estimate of drug-likeness (QED) is 0.752. The van der Waals surface area contributed by atoms with Crippen LogP contribution in [0, 0.1) is 6.92 Å². The van der Waals surface area contributed by atoms with Crippen LogP contribution in [0.2, 0.25) is 0 Å². The minimum atomic E-state index is -4.30. The van der Waals surface area contributed by atoms with E-state index in [1.807, 2.05) is 6.92 Å². The van der Waals surface area contributed by atoms with Crippen LogP contribution >= 0.6 is 0 Å². The van der Waals surface area contributed by atoms with E-state index in [-0.39, 0.29) is 5.56 Å². The predicted octanol–water partition coefficient (Wildman–Crippen LogP) is 3.57. The molecule has 0 aliphatic rings. The summed E-state index contributed by atoms with van der Waals surface area (Å²) < 4.78 is 42.0. The van der Waals surface area contributed by atoms with Crippen LogP contribution in [0.25, 0.3) is 0 Å². The van der Waals surface area contributed by atoms with Crippen molar-refractivity contribution in [2.24, 2.45) is 0 Å². The van der Waals surface area contributed by atoms with Gasteiger partial charge in [-0.1, -0.05) is 12.1 Å². The first kappa shape index (κ1) is 11.9. The molecule has 15 heavy (non-hydrogen) atoms. The number of benzene rings is 1. The lowest BCUT2D eigenvalue weighted by Gasteiger charge is -2.15. The monoisotopic (exact) mass is 217 g/mol. The van der Waals surface area contributed by atoms with Crippen molar-refractivity contribution in [3.05, 3.63) is 36.8 Å². The van der Waals surface area contributed by atoms with E-state index in [0.29, 0.717) is 12.4 Å². The lowest BCUT2D eigenvalue weighted by atomic mass is 10.0. The van der Waals surface area contributed by atoms with E-state index < -0.39 is 12.1 Å². The number of hydrogen-bond acceptors (Lipinski definition) is 1. The summed E-state index contributed by atoms with van der Waals surface area (Å²) in [5.74, 6) is -1.12. The third-order valence-electron chi connectivity index (χ3n) is 1.99. The first-order valence-electron chi connectivity index (χ1n) is 4.57. The molecule has 1 nitrogen and oxygen atoms in total. The standard InChI is InChI=1S/C11H12F3O/c1-3-15-10-6-4-9(5-7-10)8(2)11(12,13)14/h4-8H,2-3H2,1H3/t8-/m0/s1. The Morgan fingerprint density at radius 2 is 1.80 bits per heavy atom. The Labute approximate surface area is 86.9 Å². The Morgan fingerprint density at radius 1 is 1.27 bits per heavy atom. The summed E-state index contributed by atoms with van der Waals surface area (Å²) in [6, 6.07) is 5.80. The van der Waals surface area contributed by atoms with Crippen molar-refractivity contribution >= 4 is 0 Å². The summed E-state index contributed by atoms with van der Waals surface area (Å²) in [6.45, 7) is 5.40. The average molecular weight is 217 g/mol. The van der Waals surface area contributed by atoms with Gasteiger partial charge in [0.05, 0.1) is 12.5 Å². The fourth-order valence-electron chi connectivity index (χ4n) is 1.15. The summed E-state index contributed by atoms with van der Waals surface area (Å²) in [6.07, 6.45) is -4.30. The van der Waals surface area contributed by atoms with Crippen molar-refractivity contribution in [3.63, 3.8) is 0 Å². The number of rotatable bonds is 3. The molecule has 0 heterocycles. The molecule has 0 bridgehead atoms. The molecule has 0 fully saturated rings. The molecule has 0 amide bonds. The summed E-state index contributed by atoms with van der Waals surface area (Å²) in [5, 5.41) is 0. The van der Waals surface area contributed by atoms with Gasteiger partial charge in [-0.2, -0.15) is 13.2 Å². The topological polar surface area (TPSA) is 9.23 Å². The highest BCUT2D eigenvalue weighted by molar-refractivity contribution is 5.30. The van der Waals surface area contributed by atoms with E-state index in [4.69, 9.17) is 4.74 Å². The van der Waals surface area contributed by atoms with Gasteiger partial charge >= 0.3 is 6.18 Å². The number of alkyl halides is 3.